The minimum atomic E-state index is -1.42. The number of carbonyl (C=O) groups excluding carboxylic acids is 3. The Morgan fingerprint density at radius 1 is 1.15 bits per heavy atom. The van der Waals surface area contributed by atoms with Crippen LogP contribution in [0.5, 0.6) is 0 Å². The molecule has 13 heteroatoms. The first kappa shape index (κ1) is 33.6. The Morgan fingerprint density at radius 3 is 2.65 bits per heavy atom. The van der Waals surface area contributed by atoms with Crippen LogP contribution >= 0.6 is 11.3 Å². The Morgan fingerprint density at radius 2 is 1.94 bits per heavy atom. The van der Waals surface area contributed by atoms with E-state index in [2.05, 4.69) is 29.0 Å². The zero-order valence-corrected chi connectivity index (χ0v) is 28.9. The fourth-order valence-corrected chi connectivity index (χ4v) is 7.55. The van der Waals surface area contributed by atoms with Crippen LogP contribution in [0, 0.1) is 19.8 Å². The molecule has 4 heterocycles. The summed E-state index contributed by atoms with van der Waals surface area (Å²) in [6.45, 7) is 9.44. The van der Waals surface area contributed by atoms with E-state index in [0.29, 0.717) is 18.4 Å². The topological polar surface area (TPSA) is 156 Å². The summed E-state index contributed by atoms with van der Waals surface area (Å²) in [4.78, 5) is 56.7. The average Bonchev–Trinajstić information content (AvgIpc) is 3.47. The molecule has 1 saturated heterocycles. The van der Waals surface area contributed by atoms with Gasteiger partial charge >= 0.3 is 12.1 Å². The number of rotatable bonds is 4. The number of nitrogens with one attached hydrogen (secondary N) is 2. The number of allylic oxidation sites excluding steroid dienone is 1. The Hall–Kier alpha value is -4.26. The van der Waals surface area contributed by atoms with E-state index in [0.717, 1.165) is 47.0 Å². The molecule has 0 radical (unpaired) electrons. The zero-order valence-electron chi connectivity index (χ0n) is 28.1. The maximum atomic E-state index is 14.3. The Bertz CT molecular complexity index is 1760. The van der Waals surface area contributed by atoms with E-state index in [1.54, 1.807) is 36.9 Å². The number of nitrogens with zero attached hydrogens (tertiary/aromatic N) is 4. The summed E-state index contributed by atoms with van der Waals surface area (Å²) < 4.78 is 5.49. The molecular formula is C35H44N6O6S. The van der Waals surface area contributed by atoms with E-state index < -0.39 is 53.1 Å². The van der Waals surface area contributed by atoms with Gasteiger partial charge in [0.25, 0.3) is 0 Å². The quantitative estimate of drug-likeness (QED) is 0.315. The van der Waals surface area contributed by atoms with E-state index in [1.165, 1.54) is 4.90 Å². The van der Waals surface area contributed by atoms with Gasteiger partial charge in [0.1, 0.15) is 34.3 Å². The lowest BCUT2D eigenvalue weighted by molar-refractivity contribution is -0.145. The van der Waals surface area contributed by atoms with Crippen LogP contribution in [0.2, 0.25) is 0 Å². The molecule has 2 aliphatic heterocycles. The number of aryl methyl sites for hydroxylation is 1. The maximum absolute atomic E-state index is 14.3. The van der Waals surface area contributed by atoms with Crippen LogP contribution in [0.25, 0.3) is 22.2 Å². The predicted molar refractivity (Wildman–Crippen MR) is 181 cm³/mol. The molecule has 0 spiro atoms. The third-order valence-corrected chi connectivity index (χ3v) is 10.4. The minimum Gasteiger partial charge on any atom is -0.479 e. The smallest absolute Gasteiger partial charge is 0.408 e. The Balaban J connectivity index is 1.34. The largest absolute Gasteiger partial charge is 0.479 e. The summed E-state index contributed by atoms with van der Waals surface area (Å²) in [5, 5.41) is 29.6. The van der Waals surface area contributed by atoms with Gasteiger partial charge in [-0.3, -0.25) is 9.59 Å². The molecule has 6 rings (SSSR count). The van der Waals surface area contributed by atoms with Gasteiger partial charge < -0.3 is 25.4 Å². The number of carbonyl (C=O) groups is 4. The highest BCUT2D eigenvalue weighted by molar-refractivity contribution is 7.08. The zero-order chi connectivity index (χ0) is 34.4. The van der Waals surface area contributed by atoms with E-state index in [-0.39, 0.29) is 25.3 Å². The van der Waals surface area contributed by atoms with Gasteiger partial charge in [-0.1, -0.05) is 25.0 Å². The second-order valence-electron chi connectivity index (χ2n) is 14.3. The average molecular weight is 677 g/mol. The molecule has 2 fully saturated rings. The number of hydrogen-bond acceptors (Lipinski definition) is 8. The van der Waals surface area contributed by atoms with Crippen molar-refractivity contribution in [2.75, 3.05) is 6.54 Å². The van der Waals surface area contributed by atoms with E-state index in [4.69, 9.17) is 14.9 Å². The van der Waals surface area contributed by atoms with Crippen LogP contribution in [0.3, 0.4) is 0 Å². The van der Waals surface area contributed by atoms with Crippen molar-refractivity contribution in [3.05, 3.63) is 46.2 Å². The Labute approximate surface area is 283 Å². The normalized spacial score (nSPS) is 26.6. The molecule has 256 valence electrons. The van der Waals surface area contributed by atoms with E-state index in [9.17, 15) is 24.3 Å². The number of amides is 3. The van der Waals surface area contributed by atoms with E-state index >= 15 is 0 Å². The molecular weight excluding hydrogens is 632 g/mol. The first-order valence-corrected chi connectivity index (χ1v) is 17.6. The van der Waals surface area contributed by atoms with Crippen molar-refractivity contribution in [2.45, 2.75) is 109 Å². The second-order valence-corrected chi connectivity index (χ2v) is 15.1. The van der Waals surface area contributed by atoms with Crippen molar-refractivity contribution in [3.63, 3.8) is 0 Å². The van der Waals surface area contributed by atoms with Gasteiger partial charge in [0, 0.05) is 18.9 Å². The van der Waals surface area contributed by atoms with Crippen molar-refractivity contribution >= 4 is 46.2 Å². The highest BCUT2D eigenvalue weighted by atomic mass is 32.1. The van der Waals surface area contributed by atoms with Crippen LogP contribution in [0.4, 0.5) is 4.79 Å². The molecule has 3 amide bonds. The standard InChI is InChI=1S/C35H44N6O6S/c1-20-21(2)29-27(16-25(20)22-13-14-48-19-22)38-41(39-29)24-15-28-30(42)37-35(32(44)45)17-23(35)11-9-7-6-8-10-12-26(31(43)40(28)18-24)36-33(46)47-34(3,4)5/h9,11,13-14,16,19,23-24,26,28H,6-8,10,12,15,17-18H2,1-5H3,(H,36,46)(H,37,42)(H,44,45)/t23-,24+,26-,28+,35+/m1/s1. The molecule has 12 nitrogen and oxygen atoms in total. The molecule has 0 unspecified atom stereocenters. The number of alkyl carbamates (subject to hydrolysis) is 1. The number of carboxylic acid groups (broad SMARTS) is 1. The highest BCUT2D eigenvalue weighted by Gasteiger charge is 2.61. The van der Waals surface area contributed by atoms with Gasteiger partial charge in [0.15, 0.2) is 0 Å². The third kappa shape index (κ3) is 6.69. The molecule has 1 aliphatic carbocycles. The van der Waals surface area contributed by atoms with Gasteiger partial charge in [-0.25, -0.2) is 9.59 Å². The molecule has 48 heavy (non-hydrogen) atoms. The Kier molecular flexibility index (Phi) is 9.10. The van der Waals surface area contributed by atoms with Gasteiger partial charge in [-0.15, -0.1) is 0 Å². The van der Waals surface area contributed by atoms with Crippen molar-refractivity contribution in [3.8, 4) is 11.1 Å². The van der Waals surface area contributed by atoms with Crippen molar-refractivity contribution in [2.24, 2.45) is 5.92 Å². The summed E-state index contributed by atoms with van der Waals surface area (Å²) in [5.74, 6) is -2.39. The van der Waals surface area contributed by atoms with Gasteiger partial charge in [0.2, 0.25) is 11.8 Å². The molecule has 1 saturated carbocycles. The molecule has 5 atom stereocenters. The van der Waals surface area contributed by atoms with Crippen molar-refractivity contribution in [1.29, 1.82) is 0 Å². The fourth-order valence-electron chi connectivity index (χ4n) is 6.90. The summed E-state index contributed by atoms with van der Waals surface area (Å²) in [5.41, 5.74) is 3.55. The number of benzene rings is 1. The number of hydrogen-bond donors (Lipinski definition) is 3. The number of thiophene rings is 1. The van der Waals surface area contributed by atoms with Crippen molar-refractivity contribution in [1.82, 2.24) is 30.5 Å². The second kappa shape index (κ2) is 13.0. The molecule has 2 aromatic heterocycles. The molecule has 3 N–H and O–H groups in total. The number of aliphatic carboxylic acids is 1. The van der Waals surface area contributed by atoms with Gasteiger partial charge in [-0.05, 0) is 105 Å². The lowest BCUT2D eigenvalue weighted by Crippen LogP contribution is -2.56. The summed E-state index contributed by atoms with van der Waals surface area (Å²) in [6, 6.07) is 1.71. The first-order chi connectivity index (χ1) is 22.8. The summed E-state index contributed by atoms with van der Waals surface area (Å²) in [6.07, 6.45) is 7.08. The number of carboxylic acids is 1. The summed E-state index contributed by atoms with van der Waals surface area (Å²) in [7, 11) is 0. The fraction of sp³-hybridized carbons (Fsp3) is 0.543. The van der Waals surface area contributed by atoms with Gasteiger partial charge in [0.05, 0.1) is 6.04 Å². The lowest BCUT2D eigenvalue weighted by Gasteiger charge is -2.30. The lowest BCUT2D eigenvalue weighted by atomic mass is 9.98. The van der Waals surface area contributed by atoms with Crippen LogP contribution < -0.4 is 10.6 Å². The van der Waals surface area contributed by atoms with Crippen LogP contribution in [0.1, 0.15) is 82.9 Å². The molecule has 3 aromatic rings. The number of fused-ring (bicyclic) bond motifs is 3. The first-order valence-electron chi connectivity index (χ1n) is 16.7. The van der Waals surface area contributed by atoms with Gasteiger partial charge in [-0.2, -0.15) is 26.3 Å². The van der Waals surface area contributed by atoms with Crippen LogP contribution in [-0.4, -0.2) is 78.6 Å². The predicted octanol–water partition coefficient (Wildman–Crippen LogP) is 5.29. The number of ether oxygens (including phenoxy) is 1. The van der Waals surface area contributed by atoms with Crippen LogP contribution in [-0.2, 0) is 19.1 Å². The maximum Gasteiger partial charge on any atom is 0.408 e. The third-order valence-electron chi connectivity index (χ3n) is 9.75. The number of aromatic nitrogens is 3. The highest BCUT2D eigenvalue weighted by Crippen LogP contribution is 2.45. The van der Waals surface area contributed by atoms with Crippen LogP contribution in [0.15, 0.2) is 35.0 Å². The van der Waals surface area contributed by atoms with Crippen molar-refractivity contribution < 1.29 is 29.0 Å². The molecule has 1 aromatic carbocycles. The SMILES string of the molecule is Cc1c(-c2ccsc2)cc2nn([C@H]3C[C@H]4C(=O)N[C@@]5(C(=O)O)C[C@H]5C=CCCCCC[C@@H](NC(=O)OC(C)(C)C)C(=O)N4C3)nc2c1C. The monoisotopic (exact) mass is 676 g/mol. The minimum absolute atomic E-state index is 0.114. The molecule has 0 bridgehead atoms. The molecule has 3 aliphatic rings. The van der Waals surface area contributed by atoms with E-state index in [1.807, 2.05) is 30.5 Å². The summed E-state index contributed by atoms with van der Waals surface area (Å²) >= 11 is 1.62.